The molecule has 1 aromatic carbocycles. The number of hydrogen-bond donors (Lipinski definition) is 2. The third-order valence-corrected chi connectivity index (χ3v) is 6.79. The Labute approximate surface area is 204 Å². The lowest BCUT2D eigenvalue weighted by atomic mass is 10.2. The first-order valence-corrected chi connectivity index (χ1v) is 11.7. The van der Waals surface area contributed by atoms with Crippen LogP contribution in [0.1, 0.15) is 16.7 Å². The second kappa shape index (κ2) is 9.09. The van der Waals surface area contributed by atoms with Gasteiger partial charge in [0.2, 0.25) is 6.79 Å². The van der Waals surface area contributed by atoms with E-state index in [-0.39, 0.29) is 43.5 Å². The predicted octanol–water partition coefficient (Wildman–Crippen LogP) is 2.54. The molecule has 1 saturated heterocycles. The highest BCUT2D eigenvalue weighted by atomic mass is 32.2. The Kier molecular flexibility index (Phi) is 5.98. The number of hydrogen-bond acceptors (Lipinski definition) is 9. The largest absolute Gasteiger partial charge is 0.454 e. The van der Waals surface area contributed by atoms with Crippen molar-refractivity contribution in [2.75, 3.05) is 25.3 Å². The van der Waals surface area contributed by atoms with E-state index >= 15 is 0 Å². The predicted molar refractivity (Wildman–Crippen MR) is 133 cm³/mol. The zero-order valence-corrected chi connectivity index (χ0v) is 19.7. The summed E-state index contributed by atoms with van der Waals surface area (Å²) in [6.45, 7) is 2.37. The zero-order valence-electron chi connectivity index (χ0n) is 18.1. The molecule has 2 N–H and O–H groups in total. The molecule has 9 nitrogen and oxygen atoms in total. The van der Waals surface area contributed by atoms with Crippen molar-refractivity contribution in [3.8, 4) is 11.5 Å². The SMILES string of the molecule is Cc1cccn2c(=O)c(/C=C3/SC(=S)N(Cc4ccc5c(c4)OCO5)C3=O)c(NCCO)nc12. The number of nitrogens with one attached hydrogen (secondary N) is 1. The zero-order chi connectivity index (χ0) is 23.8. The van der Waals surface area contributed by atoms with Crippen molar-refractivity contribution in [2.45, 2.75) is 13.5 Å². The number of aliphatic hydroxyl groups is 1. The molecule has 0 spiro atoms. The van der Waals surface area contributed by atoms with Gasteiger partial charge in [-0.15, -0.1) is 0 Å². The first kappa shape index (κ1) is 22.4. The number of pyridine rings is 1. The molecule has 4 heterocycles. The summed E-state index contributed by atoms with van der Waals surface area (Å²) in [6, 6.07) is 9.10. The minimum Gasteiger partial charge on any atom is -0.454 e. The summed E-state index contributed by atoms with van der Waals surface area (Å²) in [7, 11) is 0. The molecule has 0 atom stereocenters. The van der Waals surface area contributed by atoms with Crippen LogP contribution in [0.5, 0.6) is 11.5 Å². The number of amides is 1. The molecule has 11 heteroatoms. The molecular formula is C23H20N4O5S2. The fourth-order valence-electron chi connectivity index (χ4n) is 3.74. The molecule has 1 amide bonds. The molecular weight excluding hydrogens is 476 g/mol. The fraction of sp³-hybridized carbons (Fsp3) is 0.217. The van der Waals surface area contributed by atoms with E-state index in [9.17, 15) is 14.7 Å². The van der Waals surface area contributed by atoms with Gasteiger partial charge in [0.05, 0.1) is 23.6 Å². The molecule has 0 radical (unpaired) electrons. The second-order valence-corrected chi connectivity index (χ2v) is 9.35. The average molecular weight is 497 g/mol. The third kappa shape index (κ3) is 4.02. The number of ether oxygens (including phenoxy) is 2. The molecule has 2 aliphatic rings. The topological polar surface area (TPSA) is 105 Å². The van der Waals surface area contributed by atoms with Crippen LogP contribution >= 0.6 is 24.0 Å². The van der Waals surface area contributed by atoms with Gasteiger partial charge in [-0.2, -0.15) is 0 Å². The second-order valence-electron chi connectivity index (χ2n) is 7.67. The molecule has 2 aliphatic heterocycles. The van der Waals surface area contributed by atoms with Gasteiger partial charge in [-0.1, -0.05) is 36.1 Å². The van der Waals surface area contributed by atoms with E-state index in [1.54, 1.807) is 18.3 Å². The summed E-state index contributed by atoms with van der Waals surface area (Å²) >= 11 is 6.59. The Balaban J connectivity index is 1.50. The number of nitrogens with zero attached hydrogens (tertiary/aromatic N) is 3. The van der Waals surface area contributed by atoms with Crippen molar-refractivity contribution in [3.05, 3.63) is 68.5 Å². The number of aromatic nitrogens is 2. The summed E-state index contributed by atoms with van der Waals surface area (Å²) in [6.07, 6.45) is 3.15. The van der Waals surface area contributed by atoms with Crippen LogP contribution < -0.4 is 20.3 Å². The highest BCUT2D eigenvalue weighted by Crippen LogP contribution is 2.36. The first-order valence-electron chi connectivity index (χ1n) is 10.5. The molecule has 0 aliphatic carbocycles. The van der Waals surface area contributed by atoms with E-state index in [1.165, 1.54) is 15.4 Å². The number of anilines is 1. The van der Waals surface area contributed by atoms with Gasteiger partial charge in [-0.25, -0.2) is 4.98 Å². The standard InChI is InChI=1S/C23H20N4O5S2/c1-13-3-2-7-26-20(13)25-19(24-6-8-28)15(21(26)29)10-18-22(30)27(23(33)34-18)11-14-4-5-16-17(9-14)32-12-31-16/h2-5,7,9-10,24,28H,6,8,11-12H2,1H3/b18-10+. The number of carbonyl (C=O) groups is 1. The van der Waals surface area contributed by atoms with Gasteiger partial charge < -0.3 is 19.9 Å². The van der Waals surface area contributed by atoms with Crippen LogP contribution in [0.3, 0.4) is 0 Å². The molecule has 3 aromatic rings. The fourth-order valence-corrected chi connectivity index (χ4v) is 4.98. The van der Waals surface area contributed by atoms with Crippen LogP contribution in [0.25, 0.3) is 11.7 Å². The lowest BCUT2D eigenvalue weighted by molar-refractivity contribution is -0.122. The Morgan fingerprint density at radius 1 is 1.26 bits per heavy atom. The van der Waals surface area contributed by atoms with Gasteiger partial charge in [0.25, 0.3) is 11.5 Å². The van der Waals surface area contributed by atoms with E-state index in [2.05, 4.69) is 10.3 Å². The molecule has 0 unspecified atom stereocenters. The summed E-state index contributed by atoms with van der Waals surface area (Å²) in [5.41, 5.74) is 2.07. The van der Waals surface area contributed by atoms with Crippen molar-refractivity contribution in [3.63, 3.8) is 0 Å². The maximum absolute atomic E-state index is 13.3. The minimum atomic E-state index is -0.324. The number of benzene rings is 1. The van der Waals surface area contributed by atoms with Gasteiger partial charge >= 0.3 is 0 Å². The Bertz CT molecular complexity index is 1420. The van der Waals surface area contributed by atoms with Crippen molar-refractivity contribution in [1.29, 1.82) is 0 Å². The van der Waals surface area contributed by atoms with E-state index in [0.29, 0.717) is 32.2 Å². The van der Waals surface area contributed by atoms with Crippen LogP contribution in [0, 0.1) is 6.92 Å². The highest BCUT2D eigenvalue weighted by Gasteiger charge is 2.33. The number of thioether (sulfide) groups is 1. The van der Waals surface area contributed by atoms with Crippen molar-refractivity contribution < 1.29 is 19.4 Å². The molecule has 174 valence electrons. The Morgan fingerprint density at radius 3 is 2.91 bits per heavy atom. The quantitative estimate of drug-likeness (QED) is 0.393. The highest BCUT2D eigenvalue weighted by molar-refractivity contribution is 8.26. The van der Waals surface area contributed by atoms with Gasteiger partial charge in [-0.05, 0) is 42.3 Å². The van der Waals surface area contributed by atoms with Crippen LogP contribution in [0.2, 0.25) is 0 Å². The van der Waals surface area contributed by atoms with Crippen LogP contribution in [-0.4, -0.2) is 49.6 Å². The maximum atomic E-state index is 13.3. The number of aryl methyl sites for hydroxylation is 1. The van der Waals surface area contributed by atoms with Crippen LogP contribution in [0.4, 0.5) is 5.82 Å². The first-order chi connectivity index (χ1) is 16.5. The Hall–Kier alpha value is -3.41. The van der Waals surface area contributed by atoms with Gasteiger partial charge in [0.1, 0.15) is 15.8 Å². The van der Waals surface area contributed by atoms with Crippen molar-refractivity contribution in [2.24, 2.45) is 0 Å². The third-order valence-electron chi connectivity index (χ3n) is 5.42. The number of carbonyl (C=O) groups excluding carboxylic acids is 1. The number of thiocarbonyl (C=S) groups is 1. The summed E-state index contributed by atoms with van der Waals surface area (Å²) in [5.74, 6) is 1.30. The summed E-state index contributed by atoms with van der Waals surface area (Å²) < 4.78 is 12.6. The maximum Gasteiger partial charge on any atom is 0.267 e. The lowest BCUT2D eigenvalue weighted by Crippen LogP contribution is -2.27. The monoisotopic (exact) mass is 496 g/mol. The van der Waals surface area contributed by atoms with Crippen molar-refractivity contribution in [1.82, 2.24) is 14.3 Å². The number of rotatable bonds is 6. The van der Waals surface area contributed by atoms with E-state index < -0.39 is 0 Å². The van der Waals surface area contributed by atoms with E-state index in [0.717, 1.165) is 22.9 Å². The molecule has 5 rings (SSSR count). The molecule has 0 bridgehead atoms. The Morgan fingerprint density at radius 2 is 2.09 bits per heavy atom. The van der Waals surface area contributed by atoms with Gasteiger partial charge in [-0.3, -0.25) is 18.9 Å². The summed E-state index contributed by atoms with van der Waals surface area (Å²) in [4.78, 5) is 32.9. The minimum absolute atomic E-state index is 0.133. The summed E-state index contributed by atoms with van der Waals surface area (Å²) in [5, 5.41) is 12.2. The normalized spacial score (nSPS) is 16.2. The van der Waals surface area contributed by atoms with Crippen LogP contribution in [0.15, 0.2) is 46.2 Å². The molecule has 1 fully saturated rings. The van der Waals surface area contributed by atoms with E-state index in [1.807, 2.05) is 25.1 Å². The van der Waals surface area contributed by atoms with E-state index in [4.69, 9.17) is 21.7 Å². The molecule has 0 saturated carbocycles. The molecule has 2 aromatic heterocycles. The smallest absolute Gasteiger partial charge is 0.267 e. The molecule has 34 heavy (non-hydrogen) atoms. The van der Waals surface area contributed by atoms with Crippen LogP contribution in [-0.2, 0) is 11.3 Å². The van der Waals surface area contributed by atoms with Crippen molar-refractivity contribution >= 4 is 51.7 Å². The number of fused-ring (bicyclic) bond motifs is 2. The number of aliphatic hydroxyl groups excluding tert-OH is 1. The average Bonchev–Trinajstić information content (AvgIpc) is 3.40. The lowest BCUT2D eigenvalue weighted by Gasteiger charge is -2.15. The van der Waals surface area contributed by atoms with Gasteiger partial charge in [0, 0.05) is 12.7 Å². The van der Waals surface area contributed by atoms with Gasteiger partial charge in [0.15, 0.2) is 11.5 Å².